The number of ether oxygens (including phenoxy) is 2. The van der Waals surface area contributed by atoms with Gasteiger partial charge in [-0.2, -0.15) is 0 Å². The van der Waals surface area contributed by atoms with Gasteiger partial charge in [0.15, 0.2) is 6.29 Å². The molecule has 0 amide bonds. The first kappa shape index (κ1) is 12.6. The highest BCUT2D eigenvalue weighted by molar-refractivity contribution is 4.86. The number of allylic oxidation sites excluding steroid dienone is 1. The maximum Gasteiger partial charge on any atom is 0.186 e. The molecule has 0 bridgehead atoms. The number of aliphatic hydroxyl groups is 3. The van der Waals surface area contributed by atoms with Crippen LogP contribution in [0.1, 0.15) is 12.8 Å². The van der Waals surface area contributed by atoms with E-state index in [-0.39, 0.29) is 6.61 Å². The Bertz CT molecular complexity index is 196. The minimum Gasteiger partial charge on any atom is -0.394 e. The lowest BCUT2D eigenvalue weighted by atomic mass is 10.1. The summed E-state index contributed by atoms with van der Waals surface area (Å²) in [6.07, 6.45) is -0.387. The van der Waals surface area contributed by atoms with Crippen LogP contribution in [0.3, 0.4) is 0 Å². The molecule has 1 rings (SSSR count). The second-order valence-electron chi connectivity index (χ2n) is 3.51. The second-order valence-corrected chi connectivity index (χ2v) is 3.51. The van der Waals surface area contributed by atoms with E-state index in [1.54, 1.807) is 6.08 Å². The van der Waals surface area contributed by atoms with E-state index in [1.165, 1.54) is 0 Å². The fraction of sp³-hybridized carbons (Fsp3) is 0.800. The lowest BCUT2D eigenvalue weighted by Crippen LogP contribution is -2.34. The van der Waals surface area contributed by atoms with Crippen LogP contribution in [-0.2, 0) is 9.47 Å². The van der Waals surface area contributed by atoms with Gasteiger partial charge in [0.25, 0.3) is 0 Å². The molecule has 0 spiro atoms. The Morgan fingerprint density at radius 3 is 2.60 bits per heavy atom. The number of aliphatic hydroxyl groups excluding tert-OH is 3. The monoisotopic (exact) mass is 218 g/mol. The summed E-state index contributed by atoms with van der Waals surface area (Å²) in [6.45, 7) is 3.67. The van der Waals surface area contributed by atoms with Crippen LogP contribution < -0.4 is 0 Å². The number of hydrogen-bond donors (Lipinski definition) is 3. The third kappa shape index (κ3) is 3.25. The van der Waals surface area contributed by atoms with E-state index >= 15 is 0 Å². The van der Waals surface area contributed by atoms with E-state index < -0.39 is 24.6 Å². The predicted octanol–water partition coefficient (Wildman–Crippen LogP) is -0.592. The minimum absolute atomic E-state index is 0.329. The molecule has 5 heteroatoms. The van der Waals surface area contributed by atoms with E-state index in [0.717, 1.165) is 12.8 Å². The van der Waals surface area contributed by atoms with Crippen molar-refractivity contribution in [3.05, 3.63) is 12.7 Å². The van der Waals surface area contributed by atoms with Gasteiger partial charge in [0, 0.05) is 0 Å². The summed E-state index contributed by atoms with van der Waals surface area (Å²) < 4.78 is 10.3. The van der Waals surface area contributed by atoms with E-state index in [1.807, 2.05) is 0 Å². The summed E-state index contributed by atoms with van der Waals surface area (Å²) in [5, 5.41) is 27.7. The van der Waals surface area contributed by atoms with E-state index in [0.29, 0.717) is 6.61 Å². The number of hydrogen-bond acceptors (Lipinski definition) is 5. The van der Waals surface area contributed by atoms with E-state index in [2.05, 4.69) is 6.58 Å². The van der Waals surface area contributed by atoms with Gasteiger partial charge in [0.1, 0.15) is 18.3 Å². The number of rotatable bonds is 6. The molecule has 1 aliphatic heterocycles. The molecule has 0 aromatic carbocycles. The first-order valence-corrected chi connectivity index (χ1v) is 5.05. The van der Waals surface area contributed by atoms with Gasteiger partial charge in [-0.3, -0.25) is 0 Å². The van der Waals surface area contributed by atoms with Crippen molar-refractivity contribution < 1.29 is 24.8 Å². The van der Waals surface area contributed by atoms with Crippen LogP contribution in [0.15, 0.2) is 12.7 Å². The van der Waals surface area contributed by atoms with Gasteiger partial charge in [0.05, 0.1) is 13.2 Å². The normalized spacial score (nSPS) is 35.7. The topological polar surface area (TPSA) is 79.2 Å². The maximum absolute atomic E-state index is 9.48. The second kappa shape index (κ2) is 6.19. The average Bonchev–Trinajstić information content (AvgIpc) is 2.52. The predicted molar refractivity (Wildman–Crippen MR) is 53.1 cm³/mol. The molecular weight excluding hydrogens is 200 g/mol. The Kier molecular flexibility index (Phi) is 5.21. The highest BCUT2D eigenvalue weighted by Gasteiger charge is 2.42. The van der Waals surface area contributed by atoms with Crippen molar-refractivity contribution in [2.75, 3.05) is 13.2 Å². The van der Waals surface area contributed by atoms with Crippen molar-refractivity contribution in [3.63, 3.8) is 0 Å². The van der Waals surface area contributed by atoms with Gasteiger partial charge in [-0.25, -0.2) is 0 Å². The first-order valence-electron chi connectivity index (χ1n) is 5.05. The summed E-state index contributed by atoms with van der Waals surface area (Å²) in [5.74, 6) is 0. The van der Waals surface area contributed by atoms with Gasteiger partial charge < -0.3 is 24.8 Å². The third-order valence-corrected chi connectivity index (χ3v) is 2.33. The zero-order valence-electron chi connectivity index (χ0n) is 8.58. The van der Waals surface area contributed by atoms with Crippen LogP contribution in [0.4, 0.5) is 0 Å². The molecule has 0 saturated carbocycles. The Balaban J connectivity index is 2.27. The standard InChI is InChI=1S/C10H18O5/c1-2-3-4-5-14-10-9(13)8(12)7(6-11)15-10/h2,7-13H,1,3-6H2/t7-,8+,9-,10+/m0/s1. The quantitative estimate of drug-likeness (QED) is 0.410. The van der Waals surface area contributed by atoms with Crippen LogP contribution in [0.2, 0.25) is 0 Å². The zero-order chi connectivity index (χ0) is 11.3. The van der Waals surface area contributed by atoms with Crippen molar-refractivity contribution in [1.29, 1.82) is 0 Å². The highest BCUT2D eigenvalue weighted by atomic mass is 16.7. The Hall–Kier alpha value is -0.460. The van der Waals surface area contributed by atoms with Crippen LogP contribution in [-0.4, -0.2) is 53.1 Å². The molecule has 1 fully saturated rings. The Labute approximate surface area is 88.9 Å². The summed E-state index contributed by atoms with van der Waals surface area (Å²) in [7, 11) is 0. The van der Waals surface area contributed by atoms with E-state index in [4.69, 9.17) is 14.6 Å². The lowest BCUT2D eigenvalue weighted by molar-refractivity contribution is -0.169. The molecule has 0 radical (unpaired) electrons. The van der Waals surface area contributed by atoms with Gasteiger partial charge in [-0.1, -0.05) is 6.08 Å². The molecule has 0 unspecified atom stereocenters. The van der Waals surface area contributed by atoms with Crippen LogP contribution in [0.25, 0.3) is 0 Å². The maximum atomic E-state index is 9.48. The van der Waals surface area contributed by atoms with Gasteiger partial charge >= 0.3 is 0 Å². The molecule has 4 atom stereocenters. The molecule has 5 nitrogen and oxygen atoms in total. The van der Waals surface area contributed by atoms with Gasteiger partial charge in [-0.15, -0.1) is 6.58 Å². The third-order valence-electron chi connectivity index (χ3n) is 2.33. The highest BCUT2D eigenvalue weighted by Crippen LogP contribution is 2.21. The largest absolute Gasteiger partial charge is 0.394 e. The summed E-state index contributed by atoms with van der Waals surface area (Å²) in [4.78, 5) is 0. The molecule has 0 aliphatic carbocycles. The molecule has 1 heterocycles. The molecule has 0 aromatic rings. The van der Waals surface area contributed by atoms with Gasteiger partial charge in [0.2, 0.25) is 0 Å². The molecule has 88 valence electrons. The van der Waals surface area contributed by atoms with Crippen LogP contribution in [0, 0.1) is 0 Å². The van der Waals surface area contributed by atoms with Crippen molar-refractivity contribution in [1.82, 2.24) is 0 Å². The van der Waals surface area contributed by atoms with Crippen molar-refractivity contribution in [3.8, 4) is 0 Å². The fourth-order valence-electron chi connectivity index (χ4n) is 1.43. The van der Waals surface area contributed by atoms with Crippen molar-refractivity contribution in [2.24, 2.45) is 0 Å². The molecule has 1 aliphatic rings. The van der Waals surface area contributed by atoms with E-state index in [9.17, 15) is 10.2 Å². The Morgan fingerprint density at radius 2 is 2.07 bits per heavy atom. The number of unbranched alkanes of at least 4 members (excludes halogenated alkanes) is 1. The molecule has 3 N–H and O–H groups in total. The molecule has 0 aromatic heterocycles. The summed E-state index contributed by atoms with van der Waals surface area (Å²) in [6, 6.07) is 0. The first-order chi connectivity index (χ1) is 7.20. The summed E-state index contributed by atoms with van der Waals surface area (Å²) >= 11 is 0. The SMILES string of the molecule is C=CCCCO[C@@H]1O[C@@H](CO)[C@@H](O)[C@@H]1O. The molecular formula is C10H18O5. The van der Waals surface area contributed by atoms with Crippen LogP contribution in [0.5, 0.6) is 0 Å². The molecule has 15 heavy (non-hydrogen) atoms. The average molecular weight is 218 g/mol. The molecule has 1 saturated heterocycles. The van der Waals surface area contributed by atoms with Crippen molar-refractivity contribution >= 4 is 0 Å². The zero-order valence-corrected chi connectivity index (χ0v) is 8.58. The van der Waals surface area contributed by atoms with Crippen LogP contribution >= 0.6 is 0 Å². The van der Waals surface area contributed by atoms with Gasteiger partial charge in [-0.05, 0) is 12.8 Å². The minimum atomic E-state index is -1.09. The smallest absolute Gasteiger partial charge is 0.186 e. The lowest BCUT2D eigenvalue weighted by Gasteiger charge is -2.14. The van der Waals surface area contributed by atoms with Crippen molar-refractivity contribution in [2.45, 2.75) is 37.4 Å². The fourth-order valence-corrected chi connectivity index (χ4v) is 1.43. The Morgan fingerprint density at radius 1 is 1.33 bits per heavy atom. The summed E-state index contributed by atoms with van der Waals surface area (Å²) in [5.41, 5.74) is 0.